The van der Waals surface area contributed by atoms with Gasteiger partial charge in [-0.05, 0) is 42.7 Å². The highest BCUT2D eigenvalue weighted by Crippen LogP contribution is 2.23. The Kier molecular flexibility index (Phi) is 5.55. The van der Waals surface area contributed by atoms with E-state index in [-0.39, 0.29) is 11.8 Å². The Labute approximate surface area is 141 Å². The molecule has 0 fully saturated rings. The molecule has 1 N–H and O–H groups in total. The van der Waals surface area contributed by atoms with Gasteiger partial charge in [-0.25, -0.2) is 0 Å². The fraction of sp³-hybridized carbons (Fsp3) is 0.333. The van der Waals surface area contributed by atoms with Crippen molar-refractivity contribution in [3.8, 4) is 0 Å². The van der Waals surface area contributed by atoms with Crippen LogP contribution >= 0.6 is 11.3 Å². The summed E-state index contributed by atoms with van der Waals surface area (Å²) in [4.78, 5) is 27.7. The van der Waals surface area contributed by atoms with E-state index in [1.807, 2.05) is 18.2 Å². The van der Waals surface area contributed by atoms with Gasteiger partial charge in [0.2, 0.25) is 0 Å². The first-order chi connectivity index (χ1) is 11.0. The van der Waals surface area contributed by atoms with E-state index in [1.165, 1.54) is 10.4 Å². The minimum atomic E-state index is -0.109. The van der Waals surface area contributed by atoms with E-state index in [9.17, 15) is 9.59 Å². The van der Waals surface area contributed by atoms with Crippen LogP contribution in [-0.2, 0) is 13.0 Å². The molecule has 0 aliphatic rings. The van der Waals surface area contributed by atoms with Crippen molar-refractivity contribution in [2.24, 2.45) is 0 Å². The lowest BCUT2D eigenvalue weighted by atomic mass is 10.1. The minimum absolute atomic E-state index is 0.0353. The smallest absolute Gasteiger partial charge is 0.263 e. The highest BCUT2D eigenvalue weighted by atomic mass is 32.1. The lowest BCUT2D eigenvalue weighted by molar-refractivity contribution is 0.0789. The SMILES string of the molecule is CCc1cc(C(=O)N(C)Cc2ccc(C(=O)NC)cc2)sc1C. The molecule has 2 amide bonds. The maximum atomic E-state index is 12.5. The number of nitrogens with one attached hydrogen (secondary N) is 1. The molecule has 1 aromatic carbocycles. The third-order valence-corrected chi connectivity index (χ3v) is 4.90. The maximum Gasteiger partial charge on any atom is 0.263 e. The number of nitrogens with zero attached hydrogens (tertiary/aromatic N) is 1. The Morgan fingerprint density at radius 2 is 1.87 bits per heavy atom. The zero-order valence-corrected chi connectivity index (χ0v) is 14.8. The number of benzene rings is 1. The fourth-order valence-corrected chi connectivity index (χ4v) is 3.52. The number of rotatable bonds is 5. The topological polar surface area (TPSA) is 49.4 Å². The van der Waals surface area contributed by atoms with Gasteiger partial charge in [-0.3, -0.25) is 9.59 Å². The van der Waals surface area contributed by atoms with Crippen LogP contribution in [-0.4, -0.2) is 30.8 Å². The average molecular weight is 330 g/mol. The zero-order chi connectivity index (χ0) is 17.0. The van der Waals surface area contributed by atoms with Crippen molar-refractivity contribution in [2.45, 2.75) is 26.8 Å². The van der Waals surface area contributed by atoms with Crippen LogP contribution < -0.4 is 5.32 Å². The van der Waals surface area contributed by atoms with Crippen molar-refractivity contribution >= 4 is 23.2 Å². The molecule has 1 heterocycles. The van der Waals surface area contributed by atoms with Crippen molar-refractivity contribution in [2.75, 3.05) is 14.1 Å². The Balaban J connectivity index is 2.07. The standard InChI is InChI=1S/C18H22N2O2S/c1-5-14-10-16(23-12(14)2)18(22)20(4)11-13-6-8-15(9-7-13)17(21)19-3/h6-10H,5,11H2,1-4H3,(H,19,21). The molecule has 0 spiro atoms. The lowest BCUT2D eigenvalue weighted by Gasteiger charge is -2.16. The Bertz CT molecular complexity index is 704. The summed E-state index contributed by atoms with van der Waals surface area (Å²) < 4.78 is 0. The number of aryl methyl sites for hydroxylation is 2. The Morgan fingerprint density at radius 3 is 2.39 bits per heavy atom. The number of carbonyl (C=O) groups excluding carboxylic acids is 2. The average Bonchev–Trinajstić information content (AvgIpc) is 2.94. The first-order valence-electron chi connectivity index (χ1n) is 7.62. The molecule has 0 saturated carbocycles. The molecular formula is C18H22N2O2S. The van der Waals surface area contributed by atoms with Gasteiger partial charge >= 0.3 is 0 Å². The number of thiophene rings is 1. The zero-order valence-electron chi connectivity index (χ0n) is 14.0. The van der Waals surface area contributed by atoms with Gasteiger partial charge in [0.1, 0.15) is 0 Å². The summed E-state index contributed by atoms with van der Waals surface area (Å²) in [5, 5.41) is 2.59. The van der Waals surface area contributed by atoms with Crippen molar-refractivity contribution in [3.63, 3.8) is 0 Å². The molecule has 0 bridgehead atoms. The molecule has 1 aromatic heterocycles. The molecule has 0 radical (unpaired) electrons. The van der Waals surface area contributed by atoms with Gasteiger partial charge in [0, 0.05) is 31.1 Å². The monoisotopic (exact) mass is 330 g/mol. The molecule has 0 aliphatic heterocycles. The van der Waals surface area contributed by atoms with Crippen molar-refractivity contribution < 1.29 is 9.59 Å². The van der Waals surface area contributed by atoms with E-state index >= 15 is 0 Å². The Hall–Kier alpha value is -2.14. The third kappa shape index (κ3) is 3.99. The van der Waals surface area contributed by atoms with Crippen molar-refractivity contribution in [1.29, 1.82) is 0 Å². The van der Waals surface area contributed by atoms with Crippen LogP contribution in [0.4, 0.5) is 0 Å². The van der Waals surface area contributed by atoms with Crippen LogP contribution in [0.3, 0.4) is 0 Å². The predicted molar refractivity (Wildman–Crippen MR) is 94.1 cm³/mol. The fourth-order valence-electron chi connectivity index (χ4n) is 2.42. The largest absolute Gasteiger partial charge is 0.355 e. The summed E-state index contributed by atoms with van der Waals surface area (Å²) >= 11 is 1.55. The van der Waals surface area contributed by atoms with Gasteiger partial charge < -0.3 is 10.2 Å². The van der Waals surface area contributed by atoms with Crippen LogP contribution in [0.2, 0.25) is 0 Å². The van der Waals surface area contributed by atoms with Crippen LogP contribution in [0.15, 0.2) is 30.3 Å². The van der Waals surface area contributed by atoms with Gasteiger partial charge in [0.25, 0.3) is 11.8 Å². The molecular weight excluding hydrogens is 308 g/mol. The summed E-state index contributed by atoms with van der Waals surface area (Å²) in [6.07, 6.45) is 0.945. The number of hydrogen-bond acceptors (Lipinski definition) is 3. The van der Waals surface area contributed by atoms with Crippen molar-refractivity contribution in [3.05, 3.63) is 56.8 Å². The molecule has 2 aromatic rings. The normalized spacial score (nSPS) is 10.4. The highest BCUT2D eigenvalue weighted by Gasteiger charge is 2.16. The lowest BCUT2D eigenvalue weighted by Crippen LogP contribution is -2.25. The molecule has 0 aliphatic carbocycles. The molecule has 2 rings (SSSR count). The second-order valence-corrected chi connectivity index (χ2v) is 6.74. The van der Waals surface area contributed by atoms with E-state index in [0.29, 0.717) is 12.1 Å². The summed E-state index contributed by atoms with van der Waals surface area (Å²) in [6.45, 7) is 4.67. The highest BCUT2D eigenvalue weighted by molar-refractivity contribution is 7.14. The van der Waals surface area contributed by atoms with E-state index in [1.54, 1.807) is 42.5 Å². The molecule has 0 saturated heterocycles. The number of carbonyl (C=O) groups is 2. The summed E-state index contributed by atoms with van der Waals surface area (Å²) in [5.74, 6) is -0.0738. The second kappa shape index (κ2) is 7.42. The van der Waals surface area contributed by atoms with Crippen LogP contribution in [0, 0.1) is 6.92 Å². The summed E-state index contributed by atoms with van der Waals surface area (Å²) in [7, 11) is 3.41. The molecule has 122 valence electrons. The molecule has 23 heavy (non-hydrogen) atoms. The maximum absolute atomic E-state index is 12.5. The second-order valence-electron chi connectivity index (χ2n) is 5.48. The van der Waals surface area contributed by atoms with Gasteiger partial charge in [0.05, 0.1) is 4.88 Å². The quantitative estimate of drug-likeness (QED) is 0.915. The van der Waals surface area contributed by atoms with Crippen LogP contribution in [0.5, 0.6) is 0 Å². The van der Waals surface area contributed by atoms with Crippen molar-refractivity contribution in [1.82, 2.24) is 10.2 Å². The number of hydrogen-bond donors (Lipinski definition) is 1. The van der Waals surface area contributed by atoms with Crippen LogP contribution in [0.25, 0.3) is 0 Å². The molecule has 5 heteroatoms. The predicted octanol–water partition coefficient (Wildman–Crippen LogP) is 3.25. The molecule has 0 atom stereocenters. The minimum Gasteiger partial charge on any atom is -0.355 e. The van der Waals surface area contributed by atoms with Gasteiger partial charge in [-0.2, -0.15) is 0 Å². The summed E-state index contributed by atoms with van der Waals surface area (Å²) in [6, 6.07) is 9.30. The van der Waals surface area contributed by atoms with E-state index in [2.05, 4.69) is 19.2 Å². The number of amides is 2. The van der Waals surface area contributed by atoms with E-state index < -0.39 is 0 Å². The molecule has 0 unspecified atom stereocenters. The van der Waals surface area contributed by atoms with Gasteiger partial charge in [-0.1, -0.05) is 19.1 Å². The summed E-state index contributed by atoms with van der Waals surface area (Å²) in [5.41, 5.74) is 2.85. The first kappa shape index (κ1) is 17.2. The van der Waals surface area contributed by atoms with Gasteiger partial charge in [0.15, 0.2) is 0 Å². The van der Waals surface area contributed by atoms with E-state index in [0.717, 1.165) is 16.9 Å². The van der Waals surface area contributed by atoms with Crippen LogP contribution in [0.1, 0.15) is 43.0 Å². The molecule has 4 nitrogen and oxygen atoms in total. The third-order valence-electron chi connectivity index (χ3n) is 3.82. The van der Waals surface area contributed by atoms with Gasteiger partial charge in [-0.15, -0.1) is 11.3 Å². The Morgan fingerprint density at radius 1 is 1.22 bits per heavy atom. The van der Waals surface area contributed by atoms with E-state index in [4.69, 9.17) is 0 Å². The first-order valence-corrected chi connectivity index (χ1v) is 8.43.